The highest BCUT2D eigenvalue weighted by Crippen LogP contribution is 2.26. The Morgan fingerprint density at radius 3 is 2.90 bits per heavy atom. The number of rotatable bonds is 4. The maximum Gasteiger partial charge on any atom is 0.0804 e. The van der Waals surface area contributed by atoms with E-state index in [0.717, 1.165) is 24.6 Å². The van der Waals surface area contributed by atoms with Crippen molar-refractivity contribution in [2.75, 3.05) is 26.2 Å². The summed E-state index contributed by atoms with van der Waals surface area (Å²) >= 11 is 0. The quantitative estimate of drug-likeness (QED) is 0.922. The van der Waals surface area contributed by atoms with Crippen LogP contribution in [0, 0.1) is 6.92 Å². The number of fused-ring (bicyclic) bond motifs is 1. The average Bonchev–Trinajstić information content (AvgIpc) is 2.92. The molecule has 2 aliphatic rings. The highest BCUT2D eigenvalue weighted by molar-refractivity contribution is 5.27. The molecule has 0 radical (unpaired) electrons. The molecule has 1 N–H and O–H groups in total. The Kier molecular flexibility index (Phi) is 4.63. The van der Waals surface area contributed by atoms with Crippen LogP contribution >= 0.6 is 0 Å². The van der Waals surface area contributed by atoms with Gasteiger partial charge in [0, 0.05) is 31.7 Å². The smallest absolute Gasteiger partial charge is 0.0804 e. The largest absolute Gasteiger partial charge is 0.388 e. The summed E-state index contributed by atoms with van der Waals surface area (Å²) in [4.78, 5) is 5.23. The van der Waals surface area contributed by atoms with E-state index >= 15 is 0 Å². The second-order valence-corrected chi connectivity index (χ2v) is 6.80. The van der Waals surface area contributed by atoms with Gasteiger partial charge in [-0.3, -0.25) is 9.80 Å². The molecule has 2 heterocycles. The van der Waals surface area contributed by atoms with Gasteiger partial charge in [0.2, 0.25) is 0 Å². The van der Waals surface area contributed by atoms with Crippen LogP contribution in [-0.2, 0) is 0 Å². The normalized spacial score (nSPS) is 28.5. The van der Waals surface area contributed by atoms with Crippen molar-refractivity contribution in [3.63, 3.8) is 0 Å². The van der Waals surface area contributed by atoms with Gasteiger partial charge in [0.1, 0.15) is 0 Å². The third-order valence-electron chi connectivity index (χ3n) is 5.30. The SMILES string of the molecule is Cc1ccccc1C(O)CCN1CC2CCCN2CC1C. The summed E-state index contributed by atoms with van der Waals surface area (Å²) < 4.78 is 0. The lowest BCUT2D eigenvalue weighted by atomic mass is 10.00. The van der Waals surface area contributed by atoms with E-state index in [1.165, 1.54) is 38.0 Å². The van der Waals surface area contributed by atoms with Crippen LogP contribution in [-0.4, -0.2) is 53.2 Å². The van der Waals surface area contributed by atoms with Gasteiger partial charge in [-0.15, -0.1) is 0 Å². The third kappa shape index (κ3) is 3.31. The Bertz CT molecular complexity index is 476. The lowest BCUT2D eigenvalue weighted by Crippen LogP contribution is -2.55. The van der Waals surface area contributed by atoms with E-state index in [9.17, 15) is 5.11 Å². The lowest BCUT2D eigenvalue weighted by molar-refractivity contribution is 0.0458. The number of aryl methyl sites for hydroxylation is 1. The Balaban J connectivity index is 1.56. The first kappa shape index (κ1) is 15.0. The molecule has 3 atom stereocenters. The number of piperazine rings is 1. The molecule has 2 saturated heterocycles. The molecular weight excluding hydrogens is 260 g/mol. The minimum atomic E-state index is -0.333. The molecule has 21 heavy (non-hydrogen) atoms. The molecule has 2 fully saturated rings. The minimum Gasteiger partial charge on any atom is -0.388 e. The summed E-state index contributed by atoms with van der Waals surface area (Å²) in [5, 5.41) is 10.5. The molecule has 0 saturated carbocycles. The molecule has 3 heteroatoms. The zero-order chi connectivity index (χ0) is 14.8. The van der Waals surface area contributed by atoms with Crippen molar-refractivity contribution in [1.29, 1.82) is 0 Å². The van der Waals surface area contributed by atoms with Crippen LogP contribution < -0.4 is 0 Å². The van der Waals surface area contributed by atoms with Gasteiger partial charge >= 0.3 is 0 Å². The van der Waals surface area contributed by atoms with Crippen molar-refractivity contribution in [2.45, 2.75) is 51.3 Å². The number of nitrogens with zero attached hydrogens (tertiary/aromatic N) is 2. The fourth-order valence-corrected chi connectivity index (χ4v) is 3.96. The number of hydrogen-bond acceptors (Lipinski definition) is 3. The van der Waals surface area contributed by atoms with Crippen molar-refractivity contribution < 1.29 is 5.11 Å². The van der Waals surface area contributed by atoms with Crippen LogP contribution in [0.25, 0.3) is 0 Å². The van der Waals surface area contributed by atoms with Crippen molar-refractivity contribution in [3.8, 4) is 0 Å². The molecule has 116 valence electrons. The number of aliphatic hydroxyl groups is 1. The van der Waals surface area contributed by atoms with Crippen LogP contribution in [0.15, 0.2) is 24.3 Å². The third-order valence-corrected chi connectivity index (χ3v) is 5.30. The summed E-state index contributed by atoms with van der Waals surface area (Å²) in [6.45, 7) is 9.08. The first-order valence-electron chi connectivity index (χ1n) is 8.37. The van der Waals surface area contributed by atoms with Crippen LogP contribution in [0.3, 0.4) is 0 Å². The molecule has 0 amide bonds. The Labute approximate surface area is 128 Å². The maximum absolute atomic E-state index is 10.5. The summed E-state index contributed by atoms with van der Waals surface area (Å²) in [5.74, 6) is 0. The summed E-state index contributed by atoms with van der Waals surface area (Å²) in [7, 11) is 0. The van der Waals surface area contributed by atoms with E-state index in [-0.39, 0.29) is 6.10 Å². The molecule has 3 rings (SSSR count). The maximum atomic E-state index is 10.5. The molecule has 3 unspecified atom stereocenters. The summed E-state index contributed by atoms with van der Waals surface area (Å²) in [6, 6.07) is 9.56. The number of benzene rings is 1. The first-order chi connectivity index (χ1) is 10.1. The Hall–Kier alpha value is -0.900. The van der Waals surface area contributed by atoms with Gasteiger partial charge in [0.05, 0.1) is 6.10 Å². The highest BCUT2D eigenvalue weighted by Gasteiger charge is 2.34. The van der Waals surface area contributed by atoms with E-state index in [0.29, 0.717) is 6.04 Å². The van der Waals surface area contributed by atoms with Crippen LogP contribution in [0.1, 0.15) is 43.4 Å². The predicted octanol–water partition coefficient (Wildman–Crippen LogP) is 2.59. The van der Waals surface area contributed by atoms with Crippen molar-refractivity contribution in [2.24, 2.45) is 0 Å². The zero-order valence-corrected chi connectivity index (χ0v) is 13.3. The molecule has 1 aromatic carbocycles. The van der Waals surface area contributed by atoms with Crippen LogP contribution in [0.5, 0.6) is 0 Å². The second-order valence-electron chi connectivity index (χ2n) is 6.80. The van der Waals surface area contributed by atoms with Crippen molar-refractivity contribution in [3.05, 3.63) is 35.4 Å². The zero-order valence-electron chi connectivity index (χ0n) is 13.3. The topological polar surface area (TPSA) is 26.7 Å². The standard InChI is InChI=1S/C18H28N2O/c1-14-6-3-4-8-17(14)18(21)9-11-19-13-16-7-5-10-20(16)12-15(19)2/h3-4,6,8,15-16,18,21H,5,7,9-13H2,1-2H3. The number of aliphatic hydroxyl groups excluding tert-OH is 1. The van der Waals surface area contributed by atoms with E-state index in [4.69, 9.17) is 0 Å². The van der Waals surface area contributed by atoms with Gasteiger partial charge in [0.25, 0.3) is 0 Å². The second kappa shape index (κ2) is 6.47. The summed E-state index contributed by atoms with van der Waals surface area (Å²) in [5.41, 5.74) is 2.28. The molecule has 0 aromatic heterocycles. The lowest BCUT2D eigenvalue weighted by Gasteiger charge is -2.42. The number of hydrogen-bond donors (Lipinski definition) is 1. The molecule has 0 bridgehead atoms. The fourth-order valence-electron chi connectivity index (χ4n) is 3.96. The average molecular weight is 288 g/mol. The van der Waals surface area contributed by atoms with Crippen LogP contribution in [0.4, 0.5) is 0 Å². The fraction of sp³-hybridized carbons (Fsp3) is 0.667. The molecule has 0 spiro atoms. The van der Waals surface area contributed by atoms with Gasteiger partial charge in [-0.1, -0.05) is 24.3 Å². The van der Waals surface area contributed by atoms with Crippen molar-refractivity contribution in [1.82, 2.24) is 9.80 Å². The van der Waals surface area contributed by atoms with E-state index in [1.54, 1.807) is 0 Å². The van der Waals surface area contributed by atoms with Gasteiger partial charge < -0.3 is 5.11 Å². The predicted molar refractivity (Wildman–Crippen MR) is 86.4 cm³/mol. The molecule has 2 aliphatic heterocycles. The summed E-state index contributed by atoms with van der Waals surface area (Å²) in [6.07, 6.45) is 3.21. The van der Waals surface area contributed by atoms with Gasteiger partial charge in [-0.05, 0) is 50.8 Å². The van der Waals surface area contributed by atoms with E-state index in [1.807, 2.05) is 12.1 Å². The van der Waals surface area contributed by atoms with Gasteiger partial charge in [-0.25, -0.2) is 0 Å². The minimum absolute atomic E-state index is 0.333. The van der Waals surface area contributed by atoms with Gasteiger partial charge in [0.15, 0.2) is 0 Å². The molecule has 3 nitrogen and oxygen atoms in total. The molecule has 0 aliphatic carbocycles. The van der Waals surface area contributed by atoms with E-state index in [2.05, 4.69) is 35.8 Å². The monoisotopic (exact) mass is 288 g/mol. The van der Waals surface area contributed by atoms with Gasteiger partial charge in [-0.2, -0.15) is 0 Å². The Morgan fingerprint density at radius 1 is 1.29 bits per heavy atom. The Morgan fingerprint density at radius 2 is 2.10 bits per heavy atom. The van der Waals surface area contributed by atoms with E-state index < -0.39 is 0 Å². The molecule has 1 aromatic rings. The highest BCUT2D eigenvalue weighted by atomic mass is 16.3. The molecular formula is C18H28N2O. The van der Waals surface area contributed by atoms with Crippen molar-refractivity contribution >= 4 is 0 Å². The van der Waals surface area contributed by atoms with Crippen LogP contribution in [0.2, 0.25) is 0 Å². The first-order valence-corrected chi connectivity index (χ1v) is 8.37.